The summed E-state index contributed by atoms with van der Waals surface area (Å²) < 4.78 is 3.48. The number of amides is 2. The fraction of sp³-hybridized carbons (Fsp3) is 0.261. The second-order valence-corrected chi connectivity index (χ2v) is 16.1. The van der Waals surface area contributed by atoms with Crippen molar-refractivity contribution in [1.82, 2.24) is 29.4 Å². The molecule has 0 spiro atoms. The number of carbonyl (C=O) groups excluding carboxylic acids is 2. The molecule has 0 unspecified atom stereocenters. The summed E-state index contributed by atoms with van der Waals surface area (Å²) in [7, 11) is 0. The first-order valence-electron chi connectivity index (χ1n) is 19.9. The third-order valence-corrected chi connectivity index (χ3v) is 11.2. The number of anilines is 2. The minimum Gasteiger partial charge on any atom is -0.398 e. The highest BCUT2D eigenvalue weighted by Gasteiger charge is 2.33. The Bertz CT molecular complexity index is 2730. The van der Waals surface area contributed by atoms with Crippen molar-refractivity contribution in [3.63, 3.8) is 0 Å². The number of fused-ring (bicyclic) bond motifs is 2. The van der Waals surface area contributed by atoms with Gasteiger partial charge in [-0.2, -0.15) is 10.2 Å². The van der Waals surface area contributed by atoms with Crippen LogP contribution in [0.2, 0.25) is 10.0 Å². The third kappa shape index (κ3) is 8.86. The molecule has 0 saturated heterocycles. The van der Waals surface area contributed by atoms with E-state index in [1.807, 2.05) is 51.1 Å². The molecule has 0 radical (unpaired) electrons. The monoisotopic (exact) mass is 870 g/mol. The molecular weight excluding hydrogens is 827 g/mol. The Labute approximate surface area is 369 Å². The lowest BCUT2D eigenvalue weighted by Crippen LogP contribution is -2.41. The average molecular weight is 872 g/mol. The summed E-state index contributed by atoms with van der Waals surface area (Å²) in [5.41, 5.74) is 15.1. The molecule has 2 amide bonds. The van der Waals surface area contributed by atoms with Crippen LogP contribution >= 0.6 is 23.2 Å². The maximum Gasteiger partial charge on any atom is 0.272 e. The number of aliphatic hydroxyl groups is 2. The zero-order valence-corrected chi connectivity index (χ0v) is 35.8. The molecule has 62 heavy (non-hydrogen) atoms. The number of benzene rings is 4. The van der Waals surface area contributed by atoms with Gasteiger partial charge in [0.15, 0.2) is 11.4 Å². The predicted octanol–water partition coefficient (Wildman–Crippen LogP) is 8.94. The number of carbonyl (C=O) groups is 2. The van der Waals surface area contributed by atoms with Crippen LogP contribution in [0.15, 0.2) is 84.9 Å². The van der Waals surface area contributed by atoms with E-state index in [9.17, 15) is 19.8 Å². The number of nitrogen functional groups attached to an aromatic ring is 1. The summed E-state index contributed by atoms with van der Waals surface area (Å²) in [4.78, 5) is 36.8. The van der Waals surface area contributed by atoms with Gasteiger partial charge in [0, 0.05) is 65.3 Å². The first-order chi connectivity index (χ1) is 29.8. The molecule has 4 aromatic carbocycles. The number of nitrogens with two attached hydrogens (primary N) is 1. The molecule has 2 aromatic heterocycles. The van der Waals surface area contributed by atoms with Gasteiger partial charge in [0.2, 0.25) is 0 Å². The normalized spacial score (nSPS) is 15.6. The molecule has 2 atom stereocenters. The Morgan fingerprint density at radius 1 is 0.710 bits per heavy atom. The van der Waals surface area contributed by atoms with Gasteiger partial charge in [0.25, 0.3) is 11.8 Å². The van der Waals surface area contributed by atoms with Gasteiger partial charge in [-0.3, -0.25) is 19.0 Å². The summed E-state index contributed by atoms with van der Waals surface area (Å²) in [6.07, 6.45) is 0. The van der Waals surface area contributed by atoms with Crippen molar-refractivity contribution in [2.24, 2.45) is 0 Å². The zero-order chi connectivity index (χ0) is 44.2. The summed E-state index contributed by atoms with van der Waals surface area (Å²) in [5, 5.41) is 33.3. The van der Waals surface area contributed by atoms with Crippen LogP contribution in [0, 0.1) is 13.1 Å². The molecule has 2 aliphatic heterocycles. The molecule has 316 valence electrons. The molecule has 0 saturated carbocycles. The number of hydrogen-bond acceptors (Lipinski definition) is 8. The second-order valence-electron chi connectivity index (χ2n) is 15.2. The van der Waals surface area contributed by atoms with Crippen LogP contribution in [0.25, 0.3) is 32.2 Å². The van der Waals surface area contributed by atoms with Gasteiger partial charge in [-0.25, -0.2) is 9.69 Å². The van der Waals surface area contributed by atoms with E-state index in [2.05, 4.69) is 20.1 Å². The van der Waals surface area contributed by atoms with Gasteiger partial charge >= 0.3 is 0 Å². The lowest BCUT2D eigenvalue weighted by atomic mass is 10.0. The van der Waals surface area contributed by atoms with Gasteiger partial charge in [-0.15, -0.1) is 0 Å². The smallest absolute Gasteiger partial charge is 0.272 e. The highest BCUT2D eigenvalue weighted by Crippen LogP contribution is 2.37. The van der Waals surface area contributed by atoms with E-state index in [-0.39, 0.29) is 37.1 Å². The Morgan fingerprint density at radius 2 is 1.15 bits per heavy atom. The minimum absolute atomic E-state index is 0.00794. The second kappa shape index (κ2) is 18.5. The lowest BCUT2D eigenvalue weighted by molar-refractivity contribution is 0.0645. The molecule has 0 bridgehead atoms. The van der Waals surface area contributed by atoms with Crippen molar-refractivity contribution in [2.45, 2.75) is 59.2 Å². The maximum atomic E-state index is 13.3. The Kier molecular flexibility index (Phi) is 13.0. The number of hydrogen-bond donors (Lipinski definition) is 4. The zero-order valence-electron chi connectivity index (χ0n) is 34.3. The summed E-state index contributed by atoms with van der Waals surface area (Å²) in [5.74, 6) is -0.222. The number of aliphatic hydroxyl groups excluding tert-OH is 2. The molecule has 16 heteroatoms. The fourth-order valence-corrected chi connectivity index (χ4v) is 8.41. The van der Waals surface area contributed by atoms with E-state index in [1.165, 1.54) is 0 Å². The molecule has 0 aliphatic carbocycles. The van der Waals surface area contributed by atoms with Crippen molar-refractivity contribution >= 4 is 57.8 Å². The van der Waals surface area contributed by atoms with E-state index in [0.29, 0.717) is 99.3 Å². The minimum atomic E-state index is -0.238. The van der Waals surface area contributed by atoms with Crippen LogP contribution in [0.4, 0.5) is 22.7 Å². The number of nitrogens with one attached hydrogen (secondary N) is 1. The van der Waals surface area contributed by atoms with Gasteiger partial charge < -0.3 is 31.1 Å². The topological polar surface area (TPSA) is 163 Å². The predicted molar refractivity (Wildman–Crippen MR) is 240 cm³/mol. The molecular formula is C46H44Cl2N10O4. The summed E-state index contributed by atoms with van der Waals surface area (Å²) in [6, 6.07) is 24.8. The molecule has 4 heterocycles. The quantitative estimate of drug-likeness (QED) is 0.0784. The Morgan fingerprint density at radius 3 is 1.58 bits per heavy atom. The largest absolute Gasteiger partial charge is 0.398 e. The molecule has 8 rings (SSSR count). The van der Waals surface area contributed by atoms with Gasteiger partial charge in [-0.1, -0.05) is 71.7 Å². The Balaban J connectivity index is 0.000000187. The third-order valence-electron chi connectivity index (χ3n) is 10.8. The molecule has 5 N–H and O–H groups in total. The van der Waals surface area contributed by atoms with E-state index in [4.69, 9.17) is 47.2 Å². The molecule has 6 aromatic rings. The van der Waals surface area contributed by atoms with E-state index < -0.39 is 0 Å². The van der Waals surface area contributed by atoms with Crippen molar-refractivity contribution < 1.29 is 19.8 Å². The van der Waals surface area contributed by atoms with Gasteiger partial charge in [-0.05, 0) is 79.4 Å². The van der Waals surface area contributed by atoms with Crippen LogP contribution in [-0.2, 0) is 26.3 Å². The molecule has 2 aliphatic rings. The summed E-state index contributed by atoms with van der Waals surface area (Å²) >= 11 is 12.3. The Hall–Kier alpha value is -6.68. The van der Waals surface area contributed by atoms with Crippen LogP contribution in [0.3, 0.4) is 0 Å². The van der Waals surface area contributed by atoms with Crippen molar-refractivity contribution in [3.8, 4) is 22.5 Å². The average Bonchev–Trinajstić information content (AvgIpc) is 3.92. The van der Waals surface area contributed by atoms with Gasteiger partial charge in [0.1, 0.15) is 11.4 Å². The summed E-state index contributed by atoms with van der Waals surface area (Å²) in [6.45, 7) is 22.4. The van der Waals surface area contributed by atoms with E-state index in [1.54, 1.807) is 73.8 Å². The van der Waals surface area contributed by atoms with Crippen molar-refractivity contribution in [2.75, 3.05) is 30.7 Å². The number of rotatable bonds is 10. The van der Waals surface area contributed by atoms with Crippen LogP contribution in [0.1, 0.15) is 76.1 Å². The standard InChI is InChI=1S/C24H24ClN5O2.C22H20ClN5O2/c1-4-27-20-10-18(25)9-17(14-31)23(20)21-11-22-24(32)29(12-15(2)30(22)28-21)13-16-5-7-19(26-3)8-6-16;1-13-10-27(11-14-3-5-17(25-2)6-4-14)22(30)20-9-19(26-28(13)20)21-15(12-29)7-16(23)8-18(21)24/h5-11,15,27,31H,4,12-14H2,1-2H3;3-9,13,29H,10-12,24H2,1H3/t15-;13-/m00/s1. The highest BCUT2D eigenvalue weighted by molar-refractivity contribution is 6.31. The number of halogens is 2. The SMILES string of the molecule is [C-]#[N+]c1ccc(CN2C[C@H](C)n3nc(-c4c(CO)cc(Cl)cc4NCC)cc3C2=O)cc1.[C-]#[N+]c1ccc(CN2C[C@H](C)n3nc(-c4c(N)cc(Cl)cc4CO)cc3C2=O)cc1. The van der Waals surface area contributed by atoms with E-state index in [0.717, 1.165) is 22.4 Å². The maximum absolute atomic E-state index is 13.3. The first-order valence-corrected chi connectivity index (χ1v) is 20.7. The van der Waals surface area contributed by atoms with Gasteiger partial charge in [0.05, 0.1) is 49.8 Å². The van der Waals surface area contributed by atoms with Crippen LogP contribution < -0.4 is 11.1 Å². The van der Waals surface area contributed by atoms with Crippen LogP contribution in [0.5, 0.6) is 0 Å². The molecule has 0 fully saturated rings. The number of nitrogens with zero attached hydrogens (tertiary/aromatic N) is 8. The first kappa shape index (κ1) is 43.4. The number of aromatic nitrogens is 4. The fourth-order valence-electron chi connectivity index (χ4n) is 7.92. The van der Waals surface area contributed by atoms with Crippen LogP contribution in [-0.4, -0.2) is 71.0 Å². The highest BCUT2D eigenvalue weighted by atomic mass is 35.5. The molecule has 14 nitrogen and oxygen atoms in total. The van der Waals surface area contributed by atoms with Crippen molar-refractivity contribution in [1.29, 1.82) is 0 Å². The van der Waals surface area contributed by atoms with Crippen molar-refractivity contribution in [3.05, 3.63) is 151 Å². The van der Waals surface area contributed by atoms with E-state index >= 15 is 0 Å². The lowest BCUT2D eigenvalue weighted by Gasteiger charge is -2.31.